The largest absolute Gasteiger partial charge is 0.382 e. The fourth-order valence-corrected chi connectivity index (χ4v) is 2.22. The summed E-state index contributed by atoms with van der Waals surface area (Å²) in [6.07, 6.45) is 1.18. The van der Waals surface area contributed by atoms with E-state index in [1.807, 2.05) is 18.2 Å². The van der Waals surface area contributed by atoms with Crippen molar-refractivity contribution in [2.75, 3.05) is 33.4 Å². The first-order chi connectivity index (χ1) is 8.79. The molecular formula is C14H22BrNO2. The number of rotatable bonds is 9. The van der Waals surface area contributed by atoms with Gasteiger partial charge < -0.3 is 14.8 Å². The summed E-state index contributed by atoms with van der Waals surface area (Å²) in [5, 5.41) is 3.40. The van der Waals surface area contributed by atoms with Crippen molar-refractivity contribution in [3.8, 4) is 0 Å². The van der Waals surface area contributed by atoms with Crippen LogP contribution < -0.4 is 5.32 Å². The Morgan fingerprint density at radius 3 is 2.72 bits per heavy atom. The molecule has 0 radical (unpaired) electrons. The summed E-state index contributed by atoms with van der Waals surface area (Å²) in [4.78, 5) is 0. The zero-order chi connectivity index (χ0) is 13.2. The first-order valence-corrected chi connectivity index (χ1v) is 7.14. The van der Waals surface area contributed by atoms with E-state index >= 15 is 0 Å². The Labute approximate surface area is 118 Å². The third kappa shape index (κ3) is 5.48. The van der Waals surface area contributed by atoms with E-state index in [2.05, 4.69) is 34.2 Å². The standard InChI is InChI=1S/C14H22BrNO2/c1-3-8-16-11-14(18-10-9-17-2)12-6-4-5-7-13(12)15/h4-7,14,16H,3,8-11H2,1-2H3. The Morgan fingerprint density at radius 1 is 1.28 bits per heavy atom. The predicted molar refractivity (Wildman–Crippen MR) is 77.9 cm³/mol. The van der Waals surface area contributed by atoms with E-state index in [4.69, 9.17) is 9.47 Å². The molecule has 0 bridgehead atoms. The molecule has 4 heteroatoms. The Kier molecular flexibility index (Phi) is 8.25. The highest BCUT2D eigenvalue weighted by Gasteiger charge is 2.14. The minimum absolute atomic E-state index is 0.0577. The number of hydrogen-bond acceptors (Lipinski definition) is 3. The van der Waals surface area contributed by atoms with Crippen molar-refractivity contribution >= 4 is 15.9 Å². The number of nitrogens with one attached hydrogen (secondary N) is 1. The van der Waals surface area contributed by atoms with Gasteiger partial charge in [0.05, 0.1) is 19.3 Å². The fraction of sp³-hybridized carbons (Fsp3) is 0.571. The fourth-order valence-electron chi connectivity index (χ4n) is 1.68. The predicted octanol–water partition coefficient (Wildman–Crippen LogP) is 3.15. The van der Waals surface area contributed by atoms with Crippen LogP contribution in [-0.2, 0) is 9.47 Å². The van der Waals surface area contributed by atoms with Gasteiger partial charge in [0.15, 0.2) is 0 Å². The number of halogens is 1. The molecule has 1 aromatic carbocycles. The van der Waals surface area contributed by atoms with Crippen molar-refractivity contribution in [1.82, 2.24) is 5.32 Å². The second-order valence-electron chi connectivity index (χ2n) is 4.08. The van der Waals surface area contributed by atoms with Crippen LogP contribution in [0.1, 0.15) is 25.0 Å². The summed E-state index contributed by atoms with van der Waals surface area (Å²) in [6.45, 7) is 5.21. The van der Waals surface area contributed by atoms with Crippen LogP contribution in [-0.4, -0.2) is 33.4 Å². The highest BCUT2D eigenvalue weighted by Crippen LogP contribution is 2.25. The van der Waals surface area contributed by atoms with E-state index in [0.29, 0.717) is 13.2 Å². The minimum atomic E-state index is 0.0577. The monoisotopic (exact) mass is 315 g/mol. The van der Waals surface area contributed by atoms with Gasteiger partial charge in [0.2, 0.25) is 0 Å². The molecule has 0 saturated carbocycles. The molecule has 18 heavy (non-hydrogen) atoms. The molecule has 1 unspecified atom stereocenters. The van der Waals surface area contributed by atoms with Crippen LogP contribution in [0, 0.1) is 0 Å². The van der Waals surface area contributed by atoms with Crippen molar-refractivity contribution in [1.29, 1.82) is 0 Å². The van der Waals surface area contributed by atoms with Gasteiger partial charge in [0, 0.05) is 18.1 Å². The molecule has 0 spiro atoms. The van der Waals surface area contributed by atoms with E-state index in [1.165, 1.54) is 5.56 Å². The maximum Gasteiger partial charge on any atom is 0.0961 e. The molecule has 0 fully saturated rings. The highest BCUT2D eigenvalue weighted by atomic mass is 79.9. The molecule has 0 aliphatic heterocycles. The summed E-state index contributed by atoms with van der Waals surface area (Å²) < 4.78 is 12.0. The first-order valence-electron chi connectivity index (χ1n) is 6.35. The highest BCUT2D eigenvalue weighted by molar-refractivity contribution is 9.10. The van der Waals surface area contributed by atoms with Crippen LogP contribution in [0.15, 0.2) is 28.7 Å². The van der Waals surface area contributed by atoms with Gasteiger partial charge in [-0.05, 0) is 24.6 Å². The smallest absolute Gasteiger partial charge is 0.0961 e. The van der Waals surface area contributed by atoms with E-state index < -0.39 is 0 Å². The molecule has 1 atom stereocenters. The summed E-state index contributed by atoms with van der Waals surface area (Å²) in [6, 6.07) is 8.18. The Balaban J connectivity index is 2.60. The molecule has 0 aliphatic rings. The zero-order valence-corrected chi connectivity index (χ0v) is 12.7. The molecular weight excluding hydrogens is 294 g/mol. The lowest BCUT2D eigenvalue weighted by atomic mass is 10.1. The Bertz CT molecular complexity index is 323. The molecule has 102 valence electrons. The normalized spacial score (nSPS) is 12.6. The lowest BCUT2D eigenvalue weighted by molar-refractivity contribution is 0.0164. The Morgan fingerprint density at radius 2 is 2.06 bits per heavy atom. The third-order valence-corrected chi connectivity index (χ3v) is 3.34. The maximum absolute atomic E-state index is 5.88. The van der Waals surface area contributed by atoms with Crippen molar-refractivity contribution < 1.29 is 9.47 Å². The van der Waals surface area contributed by atoms with Crippen molar-refractivity contribution in [3.05, 3.63) is 34.3 Å². The van der Waals surface area contributed by atoms with Crippen LogP contribution in [0.25, 0.3) is 0 Å². The van der Waals surface area contributed by atoms with Crippen molar-refractivity contribution in [2.45, 2.75) is 19.4 Å². The molecule has 1 N–H and O–H groups in total. The SMILES string of the molecule is CCCNCC(OCCOC)c1ccccc1Br. The van der Waals surface area contributed by atoms with Crippen molar-refractivity contribution in [3.63, 3.8) is 0 Å². The van der Waals surface area contributed by atoms with Crippen LogP contribution in [0.4, 0.5) is 0 Å². The summed E-state index contributed by atoms with van der Waals surface area (Å²) in [5.41, 5.74) is 1.18. The van der Waals surface area contributed by atoms with Crippen LogP contribution in [0.5, 0.6) is 0 Å². The Hall–Kier alpha value is -0.420. The van der Waals surface area contributed by atoms with Crippen molar-refractivity contribution in [2.24, 2.45) is 0 Å². The number of methoxy groups -OCH3 is 1. The third-order valence-electron chi connectivity index (χ3n) is 2.62. The van der Waals surface area contributed by atoms with Gasteiger partial charge >= 0.3 is 0 Å². The van der Waals surface area contributed by atoms with Gasteiger partial charge in [-0.3, -0.25) is 0 Å². The molecule has 1 rings (SSSR count). The van der Waals surface area contributed by atoms with Gasteiger partial charge in [-0.1, -0.05) is 41.1 Å². The second kappa shape index (κ2) is 9.50. The van der Waals surface area contributed by atoms with Gasteiger partial charge in [0.1, 0.15) is 0 Å². The topological polar surface area (TPSA) is 30.5 Å². The van der Waals surface area contributed by atoms with Gasteiger partial charge in [-0.15, -0.1) is 0 Å². The molecule has 0 heterocycles. The minimum Gasteiger partial charge on any atom is -0.382 e. The summed E-state index contributed by atoms with van der Waals surface area (Å²) >= 11 is 3.58. The average molecular weight is 316 g/mol. The second-order valence-corrected chi connectivity index (χ2v) is 4.93. The van der Waals surface area contributed by atoms with Gasteiger partial charge in [-0.2, -0.15) is 0 Å². The van der Waals surface area contributed by atoms with E-state index in [0.717, 1.165) is 24.0 Å². The quantitative estimate of drug-likeness (QED) is 0.710. The average Bonchev–Trinajstić information content (AvgIpc) is 2.38. The number of benzene rings is 1. The van der Waals surface area contributed by atoms with Crippen LogP contribution >= 0.6 is 15.9 Å². The first kappa shape index (κ1) is 15.6. The van der Waals surface area contributed by atoms with E-state index in [-0.39, 0.29) is 6.10 Å². The lowest BCUT2D eigenvalue weighted by Crippen LogP contribution is -2.25. The zero-order valence-electron chi connectivity index (χ0n) is 11.1. The van der Waals surface area contributed by atoms with Crippen LogP contribution in [0.2, 0.25) is 0 Å². The van der Waals surface area contributed by atoms with E-state index in [1.54, 1.807) is 7.11 Å². The summed E-state index contributed by atoms with van der Waals surface area (Å²) in [7, 11) is 1.69. The number of ether oxygens (including phenoxy) is 2. The molecule has 0 aromatic heterocycles. The van der Waals surface area contributed by atoms with Crippen LogP contribution in [0.3, 0.4) is 0 Å². The van der Waals surface area contributed by atoms with Gasteiger partial charge in [-0.25, -0.2) is 0 Å². The lowest BCUT2D eigenvalue weighted by Gasteiger charge is -2.20. The van der Waals surface area contributed by atoms with E-state index in [9.17, 15) is 0 Å². The number of hydrogen-bond donors (Lipinski definition) is 1. The molecule has 0 amide bonds. The molecule has 0 saturated heterocycles. The van der Waals surface area contributed by atoms with Gasteiger partial charge in [0.25, 0.3) is 0 Å². The molecule has 0 aliphatic carbocycles. The molecule has 1 aromatic rings. The summed E-state index contributed by atoms with van der Waals surface area (Å²) in [5.74, 6) is 0. The maximum atomic E-state index is 5.88. The molecule has 3 nitrogen and oxygen atoms in total.